The first-order chi connectivity index (χ1) is 14.3. The number of Topliss-reactive ketones (excluding diaryl/α,β-unsaturated/α-hetero) is 1. The lowest BCUT2D eigenvalue weighted by atomic mass is 9.95. The molecule has 1 aliphatic rings. The summed E-state index contributed by atoms with van der Waals surface area (Å²) in [6.45, 7) is 6.91. The summed E-state index contributed by atoms with van der Waals surface area (Å²) in [6, 6.07) is 11.6. The third-order valence-electron chi connectivity index (χ3n) is 4.88. The summed E-state index contributed by atoms with van der Waals surface area (Å²) in [6.07, 6.45) is 0.656. The van der Waals surface area contributed by atoms with Crippen molar-refractivity contribution >= 4 is 17.4 Å². The van der Waals surface area contributed by atoms with E-state index in [-0.39, 0.29) is 16.9 Å². The second kappa shape index (κ2) is 9.11. The Morgan fingerprint density at radius 1 is 1.17 bits per heavy atom. The van der Waals surface area contributed by atoms with E-state index in [9.17, 15) is 19.1 Å². The molecule has 0 bridgehead atoms. The van der Waals surface area contributed by atoms with Crippen molar-refractivity contribution < 1.29 is 23.8 Å². The van der Waals surface area contributed by atoms with Crippen LogP contribution in [-0.4, -0.2) is 34.8 Å². The monoisotopic (exact) mass is 411 g/mol. The van der Waals surface area contributed by atoms with Crippen LogP contribution in [0.15, 0.2) is 54.1 Å². The summed E-state index contributed by atoms with van der Waals surface area (Å²) in [5.41, 5.74) is 0.955. The largest absolute Gasteiger partial charge is 0.507 e. The predicted octanol–water partition coefficient (Wildman–Crippen LogP) is 4.69. The standard InChI is InChI=1S/C24H26FNO4/c1-4-12-26-21(17-6-5-7-19(13-17)30-14-15(2)3)20(23(28)24(26)29)22(27)16-8-10-18(25)11-9-16/h5-11,13,15,21,27H,4,12,14H2,1-3H3/b22-20-. The smallest absolute Gasteiger partial charge is 0.295 e. The molecule has 1 fully saturated rings. The first-order valence-electron chi connectivity index (χ1n) is 10.1. The highest BCUT2D eigenvalue weighted by atomic mass is 19.1. The molecule has 30 heavy (non-hydrogen) atoms. The lowest BCUT2D eigenvalue weighted by Crippen LogP contribution is -2.30. The maximum atomic E-state index is 13.3. The molecular formula is C24H26FNO4. The highest BCUT2D eigenvalue weighted by Gasteiger charge is 2.45. The van der Waals surface area contributed by atoms with E-state index in [0.29, 0.717) is 36.8 Å². The number of amides is 1. The van der Waals surface area contributed by atoms with Gasteiger partial charge in [-0.2, -0.15) is 0 Å². The van der Waals surface area contributed by atoms with Gasteiger partial charge in [-0.15, -0.1) is 0 Å². The number of aliphatic hydroxyl groups excluding tert-OH is 1. The van der Waals surface area contributed by atoms with Gasteiger partial charge < -0.3 is 14.7 Å². The van der Waals surface area contributed by atoms with Gasteiger partial charge in [0.1, 0.15) is 17.3 Å². The van der Waals surface area contributed by atoms with Crippen LogP contribution in [0.1, 0.15) is 44.4 Å². The van der Waals surface area contributed by atoms with Gasteiger partial charge >= 0.3 is 0 Å². The highest BCUT2D eigenvalue weighted by Crippen LogP contribution is 2.40. The van der Waals surface area contributed by atoms with Gasteiger partial charge in [-0.25, -0.2) is 4.39 Å². The maximum Gasteiger partial charge on any atom is 0.295 e. The van der Waals surface area contributed by atoms with Crippen LogP contribution in [0.4, 0.5) is 4.39 Å². The highest BCUT2D eigenvalue weighted by molar-refractivity contribution is 6.46. The summed E-state index contributed by atoms with van der Waals surface area (Å²) in [5.74, 6) is -1.19. The molecule has 5 nitrogen and oxygen atoms in total. The van der Waals surface area contributed by atoms with Crippen molar-refractivity contribution in [1.82, 2.24) is 4.90 Å². The number of halogens is 1. The van der Waals surface area contributed by atoms with Gasteiger partial charge in [0.25, 0.3) is 11.7 Å². The molecule has 0 aliphatic carbocycles. The third-order valence-corrected chi connectivity index (χ3v) is 4.88. The Morgan fingerprint density at radius 3 is 2.50 bits per heavy atom. The fraction of sp³-hybridized carbons (Fsp3) is 0.333. The topological polar surface area (TPSA) is 66.8 Å². The van der Waals surface area contributed by atoms with Gasteiger partial charge in [0.05, 0.1) is 18.2 Å². The first kappa shape index (κ1) is 21.6. The quantitative estimate of drug-likeness (QED) is 0.408. The molecule has 0 radical (unpaired) electrons. The van der Waals surface area contributed by atoms with Gasteiger partial charge in [-0.05, 0) is 54.3 Å². The fourth-order valence-corrected chi connectivity index (χ4v) is 3.50. The molecular weight excluding hydrogens is 385 g/mol. The number of carbonyl (C=O) groups excluding carboxylic acids is 2. The lowest BCUT2D eigenvalue weighted by molar-refractivity contribution is -0.139. The summed E-state index contributed by atoms with van der Waals surface area (Å²) in [5, 5.41) is 10.9. The minimum atomic E-state index is -0.747. The van der Waals surface area contributed by atoms with Crippen molar-refractivity contribution in [3.63, 3.8) is 0 Å². The minimum Gasteiger partial charge on any atom is -0.507 e. The van der Waals surface area contributed by atoms with Crippen molar-refractivity contribution in [1.29, 1.82) is 0 Å². The maximum absolute atomic E-state index is 13.3. The molecule has 0 saturated carbocycles. The summed E-state index contributed by atoms with van der Waals surface area (Å²) >= 11 is 0. The molecule has 2 aromatic carbocycles. The number of nitrogens with zero attached hydrogens (tertiary/aromatic N) is 1. The van der Waals surface area contributed by atoms with E-state index in [2.05, 4.69) is 0 Å². The molecule has 158 valence electrons. The summed E-state index contributed by atoms with van der Waals surface area (Å²) in [7, 11) is 0. The molecule has 1 saturated heterocycles. The number of rotatable bonds is 7. The zero-order valence-electron chi connectivity index (χ0n) is 17.4. The number of benzene rings is 2. The Balaban J connectivity index is 2.10. The number of aliphatic hydroxyl groups is 1. The Bertz CT molecular complexity index is 965. The second-order valence-corrected chi connectivity index (χ2v) is 7.78. The summed E-state index contributed by atoms with van der Waals surface area (Å²) < 4.78 is 19.1. The van der Waals surface area contributed by atoms with Crippen LogP contribution in [0.2, 0.25) is 0 Å². The number of ether oxygens (including phenoxy) is 1. The molecule has 0 spiro atoms. The van der Waals surface area contributed by atoms with Gasteiger partial charge in [-0.3, -0.25) is 9.59 Å². The normalized spacial score (nSPS) is 18.3. The molecule has 1 N–H and O–H groups in total. The van der Waals surface area contributed by atoms with Gasteiger partial charge in [0.2, 0.25) is 0 Å². The zero-order valence-corrected chi connectivity index (χ0v) is 17.4. The van der Waals surface area contributed by atoms with Crippen molar-refractivity contribution in [2.24, 2.45) is 5.92 Å². The Hall–Kier alpha value is -3.15. The third kappa shape index (κ3) is 4.37. The lowest BCUT2D eigenvalue weighted by Gasteiger charge is -2.25. The van der Waals surface area contributed by atoms with Crippen LogP contribution in [-0.2, 0) is 9.59 Å². The van der Waals surface area contributed by atoms with E-state index in [1.807, 2.05) is 26.8 Å². The van der Waals surface area contributed by atoms with Crippen molar-refractivity contribution in [2.45, 2.75) is 33.2 Å². The number of carbonyl (C=O) groups is 2. The predicted molar refractivity (Wildman–Crippen MR) is 112 cm³/mol. The average molecular weight is 411 g/mol. The van der Waals surface area contributed by atoms with Crippen LogP contribution in [0.3, 0.4) is 0 Å². The SMILES string of the molecule is CCCN1C(=O)C(=O)/C(=C(\O)c2ccc(F)cc2)C1c1cccc(OCC(C)C)c1. The van der Waals surface area contributed by atoms with Crippen molar-refractivity contribution in [3.05, 3.63) is 71.0 Å². The van der Waals surface area contributed by atoms with E-state index < -0.39 is 23.5 Å². The zero-order chi connectivity index (χ0) is 21.8. The van der Waals surface area contributed by atoms with E-state index in [4.69, 9.17) is 4.74 Å². The van der Waals surface area contributed by atoms with Crippen molar-refractivity contribution in [3.8, 4) is 5.75 Å². The molecule has 6 heteroatoms. The molecule has 1 atom stereocenters. The summed E-state index contributed by atoms with van der Waals surface area (Å²) in [4.78, 5) is 27.0. The minimum absolute atomic E-state index is 0.000989. The Labute approximate surface area is 175 Å². The number of ketones is 1. The Kier molecular flexibility index (Phi) is 6.55. The molecule has 1 aliphatic heterocycles. The first-order valence-corrected chi connectivity index (χ1v) is 10.1. The number of hydrogen-bond acceptors (Lipinski definition) is 4. The van der Waals surface area contributed by atoms with Gasteiger partial charge in [0, 0.05) is 12.1 Å². The van der Waals surface area contributed by atoms with Crippen LogP contribution >= 0.6 is 0 Å². The molecule has 3 rings (SSSR count). The number of likely N-dealkylation sites (tertiary alicyclic amines) is 1. The van der Waals surface area contributed by atoms with Crippen LogP contribution in [0.25, 0.3) is 5.76 Å². The van der Waals surface area contributed by atoms with Crippen molar-refractivity contribution in [2.75, 3.05) is 13.2 Å². The second-order valence-electron chi connectivity index (χ2n) is 7.78. The van der Waals surface area contributed by atoms with Gasteiger partial charge in [-0.1, -0.05) is 32.9 Å². The van der Waals surface area contributed by atoms with E-state index in [1.165, 1.54) is 29.2 Å². The molecule has 1 unspecified atom stereocenters. The average Bonchev–Trinajstić information content (AvgIpc) is 2.98. The molecule has 2 aromatic rings. The van der Waals surface area contributed by atoms with E-state index in [1.54, 1.807) is 18.2 Å². The van der Waals surface area contributed by atoms with Crippen LogP contribution < -0.4 is 4.74 Å². The Morgan fingerprint density at radius 2 is 1.87 bits per heavy atom. The van der Waals surface area contributed by atoms with Gasteiger partial charge in [0.15, 0.2) is 0 Å². The van der Waals surface area contributed by atoms with Crippen LogP contribution in [0.5, 0.6) is 5.75 Å². The molecule has 0 aromatic heterocycles. The molecule has 1 heterocycles. The number of hydrogen-bond donors (Lipinski definition) is 1. The fourth-order valence-electron chi connectivity index (χ4n) is 3.50. The molecule has 1 amide bonds. The van der Waals surface area contributed by atoms with E-state index in [0.717, 1.165) is 0 Å². The van der Waals surface area contributed by atoms with E-state index >= 15 is 0 Å². The van der Waals surface area contributed by atoms with Crippen LogP contribution in [0, 0.1) is 11.7 Å².